The van der Waals surface area contributed by atoms with Gasteiger partial charge in [-0.25, -0.2) is 0 Å². The molecule has 2 amide bonds. The van der Waals surface area contributed by atoms with Crippen molar-refractivity contribution in [2.75, 3.05) is 24.3 Å². The third-order valence-electron chi connectivity index (χ3n) is 9.36. The molecule has 3 heterocycles. The van der Waals surface area contributed by atoms with Gasteiger partial charge in [0.05, 0.1) is 16.7 Å². The molecule has 3 aliphatic heterocycles. The number of benzene rings is 3. The van der Waals surface area contributed by atoms with Crippen LogP contribution in [0.1, 0.15) is 49.1 Å². The van der Waals surface area contributed by atoms with Gasteiger partial charge in [-0.1, -0.05) is 79.0 Å². The molecule has 2 spiro atoms. The molecule has 12 heteroatoms. The van der Waals surface area contributed by atoms with E-state index in [1.807, 2.05) is 48.3 Å². The molecule has 7 rings (SSSR count). The molecular formula is C32H31ClN6O4S. The Kier molecular flexibility index (Phi) is 7.14. The minimum Gasteiger partial charge on any atom is -0.324 e. The van der Waals surface area contributed by atoms with Crippen LogP contribution in [0, 0.1) is 10.1 Å². The van der Waals surface area contributed by atoms with Gasteiger partial charge in [0.25, 0.3) is 17.5 Å². The van der Waals surface area contributed by atoms with Crippen LogP contribution in [0.25, 0.3) is 0 Å². The van der Waals surface area contributed by atoms with Crippen LogP contribution < -0.4 is 10.7 Å². The van der Waals surface area contributed by atoms with Gasteiger partial charge in [-0.2, -0.15) is 5.01 Å². The number of likely N-dealkylation sites (N-methyl/N-ethyl adjacent to an activating group) is 1. The molecule has 44 heavy (non-hydrogen) atoms. The number of amides is 2. The largest absolute Gasteiger partial charge is 0.324 e. The smallest absolute Gasteiger partial charge is 0.269 e. The zero-order chi connectivity index (χ0) is 30.6. The van der Waals surface area contributed by atoms with Gasteiger partial charge >= 0.3 is 0 Å². The molecule has 3 unspecified atom stereocenters. The third-order valence-corrected chi connectivity index (χ3v) is 11.1. The number of likely N-dealkylation sites (tertiary alicyclic amines) is 1. The average Bonchev–Trinajstić information content (AvgIpc) is 3.57. The number of hydrazine groups is 1. The molecule has 1 aliphatic carbocycles. The fraction of sp³-hybridized carbons (Fsp3) is 0.344. The SMILES string of the molecule is CN1CC(c2ccc([N+](=O)[O-])cc2)C2(SC(=NC3CCCCC3)N(Nc3ccccc3)C2=O)C12C(=O)Nc1cc(Cl)ccc12. The molecule has 2 N–H and O–H groups in total. The molecule has 10 nitrogen and oxygen atoms in total. The van der Waals surface area contributed by atoms with Gasteiger partial charge in [-0.3, -0.25) is 35.0 Å². The van der Waals surface area contributed by atoms with E-state index >= 15 is 4.79 Å². The highest BCUT2D eigenvalue weighted by Crippen LogP contribution is 2.66. The number of para-hydroxylation sites is 1. The van der Waals surface area contributed by atoms with Gasteiger partial charge in [0, 0.05) is 40.9 Å². The fourth-order valence-corrected chi connectivity index (χ4v) is 9.31. The molecule has 0 radical (unpaired) electrons. The number of hydrogen-bond donors (Lipinski definition) is 2. The first-order valence-electron chi connectivity index (χ1n) is 14.8. The number of hydrogen-bond acceptors (Lipinski definition) is 8. The Labute approximate surface area is 264 Å². The van der Waals surface area contributed by atoms with E-state index in [9.17, 15) is 14.9 Å². The van der Waals surface area contributed by atoms with Crippen molar-refractivity contribution >= 4 is 57.4 Å². The topological polar surface area (TPSA) is 120 Å². The van der Waals surface area contributed by atoms with Crippen LogP contribution in [-0.4, -0.2) is 56.2 Å². The molecule has 3 atom stereocenters. The number of nitrogens with one attached hydrogen (secondary N) is 2. The summed E-state index contributed by atoms with van der Waals surface area (Å²) < 4.78 is -1.41. The van der Waals surface area contributed by atoms with E-state index in [0.717, 1.165) is 31.2 Å². The number of nitrogens with zero attached hydrogens (tertiary/aromatic N) is 4. The van der Waals surface area contributed by atoms with Crippen LogP contribution in [0.2, 0.25) is 5.02 Å². The van der Waals surface area contributed by atoms with Crippen molar-refractivity contribution in [2.24, 2.45) is 4.99 Å². The van der Waals surface area contributed by atoms with Crippen molar-refractivity contribution in [3.05, 3.63) is 99.1 Å². The Morgan fingerprint density at radius 1 is 1.05 bits per heavy atom. The number of anilines is 2. The monoisotopic (exact) mass is 630 g/mol. The van der Waals surface area contributed by atoms with Gasteiger partial charge in [-0.15, -0.1) is 0 Å². The maximum Gasteiger partial charge on any atom is 0.269 e. The predicted molar refractivity (Wildman–Crippen MR) is 172 cm³/mol. The first kappa shape index (κ1) is 28.8. The molecular weight excluding hydrogens is 600 g/mol. The molecule has 1 saturated carbocycles. The summed E-state index contributed by atoms with van der Waals surface area (Å²) in [6, 6.07) is 21.1. The zero-order valence-electron chi connectivity index (χ0n) is 24.0. The lowest BCUT2D eigenvalue weighted by molar-refractivity contribution is -0.384. The second-order valence-corrected chi connectivity index (χ2v) is 13.4. The molecule has 0 aromatic heterocycles. The van der Waals surface area contributed by atoms with E-state index in [4.69, 9.17) is 16.6 Å². The van der Waals surface area contributed by atoms with E-state index in [1.54, 1.807) is 24.3 Å². The highest BCUT2D eigenvalue weighted by atomic mass is 35.5. The zero-order valence-corrected chi connectivity index (χ0v) is 25.6. The molecule has 4 aliphatic rings. The van der Waals surface area contributed by atoms with Crippen LogP contribution in [0.3, 0.4) is 0 Å². The normalized spacial score (nSPS) is 27.8. The van der Waals surface area contributed by atoms with E-state index in [2.05, 4.69) is 10.7 Å². The summed E-state index contributed by atoms with van der Waals surface area (Å²) in [6.45, 7) is 0.349. The Morgan fingerprint density at radius 2 is 1.77 bits per heavy atom. The van der Waals surface area contributed by atoms with Crippen LogP contribution in [0.5, 0.6) is 0 Å². The molecule has 3 fully saturated rings. The first-order valence-corrected chi connectivity index (χ1v) is 16.0. The number of thioether (sulfide) groups is 1. The minimum atomic E-state index is -1.42. The summed E-state index contributed by atoms with van der Waals surface area (Å²) >= 11 is 7.69. The van der Waals surface area contributed by atoms with Gasteiger partial charge in [-0.05, 0) is 49.7 Å². The Morgan fingerprint density at radius 3 is 2.48 bits per heavy atom. The van der Waals surface area contributed by atoms with Crippen LogP contribution in [-0.2, 0) is 15.1 Å². The van der Waals surface area contributed by atoms with Crippen LogP contribution in [0.15, 0.2) is 77.8 Å². The lowest BCUT2D eigenvalue weighted by Gasteiger charge is -2.41. The van der Waals surface area contributed by atoms with Gasteiger partial charge in [0.15, 0.2) is 10.7 Å². The number of rotatable bonds is 5. The van der Waals surface area contributed by atoms with E-state index in [0.29, 0.717) is 33.7 Å². The molecule has 226 valence electrons. The van der Waals surface area contributed by atoms with Crippen molar-refractivity contribution in [3.63, 3.8) is 0 Å². The summed E-state index contributed by atoms with van der Waals surface area (Å²) in [4.78, 5) is 47.9. The lowest BCUT2D eigenvalue weighted by atomic mass is 9.72. The standard InChI is InChI=1S/C32H31ClN6O4S/c1-37-19-26(20-12-15-24(16-13-20)39(42)43)32(31(37)25-17-14-21(33)18-27(25)35-28(31)40)29(41)38(36-23-10-6-3-7-11-23)30(44-32)34-22-8-4-2-5-9-22/h3,6-7,10-18,22,26,36H,2,4-5,8-9,19H2,1H3,(H,35,40). The third kappa shape index (κ3) is 4.24. The minimum absolute atomic E-state index is 0.0419. The number of carbonyl (C=O) groups is 2. The van der Waals surface area contributed by atoms with Crippen molar-refractivity contribution < 1.29 is 14.5 Å². The van der Waals surface area contributed by atoms with Crippen molar-refractivity contribution in [1.29, 1.82) is 0 Å². The molecule has 2 saturated heterocycles. The number of amidine groups is 1. The Balaban J connectivity index is 1.45. The second kappa shape index (κ2) is 10.9. The average molecular weight is 631 g/mol. The van der Waals surface area contributed by atoms with Gasteiger partial charge in [0.1, 0.15) is 4.75 Å². The number of aliphatic imine (C=N–C) groups is 1. The van der Waals surface area contributed by atoms with Gasteiger partial charge in [0.2, 0.25) is 0 Å². The van der Waals surface area contributed by atoms with Crippen LogP contribution >= 0.6 is 23.4 Å². The first-order chi connectivity index (χ1) is 21.3. The number of halogens is 1. The number of nitro benzene ring substituents is 1. The fourth-order valence-electron chi connectivity index (χ4n) is 7.39. The van der Waals surface area contributed by atoms with E-state index in [-0.39, 0.29) is 23.5 Å². The number of nitro groups is 1. The summed E-state index contributed by atoms with van der Waals surface area (Å²) in [5.74, 6) is -1.13. The maximum absolute atomic E-state index is 15.3. The molecule has 3 aromatic rings. The highest BCUT2D eigenvalue weighted by Gasteiger charge is 2.78. The molecule has 3 aromatic carbocycles. The van der Waals surface area contributed by atoms with E-state index in [1.165, 1.54) is 35.3 Å². The van der Waals surface area contributed by atoms with Crippen LogP contribution in [0.4, 0.5) is 17.1 Å². The van der Waals surface area contributed by atoms with Crippen molar-refractivity contribution in [3.8, 4) is 0 Å². The lowest BCUT2D eigenvalue weighted by Crippen LogP contribution is -2.62. The highest BCUT2D eigenvalue weighted by molar-refractivity contribution is 8.16. The predicted octanol–water partition coefficient (Wildman–Crippen LogP) is 6.15. The maximum atomic E-state index is 15.3. The van der Waals surface area contributed by atoms with Crippen molar-refractivity contribution in [1.82, 2.24) is 9.91 Å². The number of fused-ring (bicyclic) bond motifs is 3. The summed E-state index contributed by atoms with van der Waals surface area (Å²) in [7, 11) is 1.86. The van der Waals surface area contributed by atoms with Crippen molar-refractivity contribution in [2.45, 2.75) is 54.3 Å². The molecule has 0 bridgehead atoms. The number of carbonyl (C=O) groups excluding carboxylic acids is 2. The Hall–Kier alpha value is -3.93. The second-order valence-electron chi connectivity index (χ2n) is 11.8. The summed E-state index contributed by atoms with van der Waals surface area (Å²) in [6.07, 6.45) is 5.18. The quantitative estimate of drug-likeness (QED) is 0.256. The Bertz CT molecular complexity index is 1680. The summed E-state index contributed by atoms with van der Waals surface area (Å²) in [5, 5.41) is 17.0. The van der Waals surface area contributed by atoms with Gasteiger partial charge < -0.3 is 5.32 Å². The number of non-ortho nitro benzene ring substituents is 1. The summed E-state index contributed by atoms with van der Waals surface area (Å²) in [5.41, 5.74) is 4.53. The van der Waals surface area contributed by atoms with E-state index < -0.39 is 21.1 Å².